The van der Waals surface area contributed by atoms with E-state index in [9.17, 15) is 9.59 Å². The molecular weight excluding hydrogens is 268 g/mol. The van der Waals surface area contributed by atoms with Gasteiger partial charge >= 0.3 is 5.69 Å². The molecule has 1 fully saturated rings. The number of methoxy groups -OCH3 is 1. The number of hydrogen-bond donors (Lipinski definition) is 1. The molecule has 0 aliphatic heterocycles. The molecule has 6 heteroatoms. The highest BCUT2D eigenvalue weighted by molar-refractivity contribution is 6.30. The van der Waals surface area contributed by atoms with Gasteiger partial charge in [0.1, 0.15) is 5.15 Å². The van der Waals surface area contributed by atoms with Crippen LogP contribution in [0.15, 0.2) is 9.59 Å². The molecular formula is C13H19ClN2O3. The highest BCUT2D eigenvalue weighted by Crippen LogP contribution is 2.29. The lowest BCUT2D eigenvalue weighted by Crippen LogP contribution is -2.39. The van der Waals surface area contributed by atoms with E-state index in [-0.39, 0.29) is 22.9 Å². The first kappa shape index (κ1) is 14.3. The first-order valence-electron chi connectivity index (χ1n) is 6.64. The van der Waals surface area contributed by atoms with Crippen molar-refractivity contribution in [2.75, 3.05) is 7.11 Å². The number of rotatable bonds is 4. The van der Waals surface area contributed by atoms with Gasteiger partial charge in [0.05, 0.1) is 11.7 Å². The van der Waals surface area contributed by atoms with Crippen molar-refractivity contribution in [2.24, 2.45) is 0 Å². The van der Waals surface area contributed by atoms with Gasteiger partial charge in [0.2, 0.25) is 0 Å². The van der Waals surface area contributed by atoms with Crippen LogP contribution in [-0.4, -0.2) is 22.8 Å². The van der Waals surface area contributed by atoms with E-state index in [1.165, 1.54) is 4.57 Å². The van der Waals surface area contributed by atoms with Gasteiger partial charge in [0, 0.05) is 13.2 Å². The molecule has 5 nitrogen and oxygen atoms in total. The zero-order chi connectivity index (χ0) is 14.0. The highest BCUT2D eigenvalue weighted by atomic mass is 35.5. The molecule has 19 heavy (non-hydrogen) atoms. The van der Waals surface area contributed by atoms with Crippen LogP contribution in [0.4, 0.5) is 0 Å². The fraction of sp³-hybridized carbons (Fsp3) is 0.692. The summed E-state index contributed by atoms with van der Waals surface area (Å²) in [5.41, 5.74) is -0.168. The maximum atomic E-state index is 12.4. The zero-order valence-corrected chi connectivity index (χ0v) is 12.0. The Balaban J connectivity index is 2.43. The van der Waals surface area contributed by atoms with Crippen molar-refractivity contribution >= 4 is 11.6 Å². The van der Waals surface area contributed by atoms with Gasteiger partial charge in [-0.05, 0) is 25.7 Å². The van der Waals surface area contributed by atoms with Crippen molar-refractivity contribution in [1.82, 2.24) is 9.55 Å². The quantitative estimate of drug-likeness (QED) is 0.860. The Morgan fingerprint density at radius 3 is 2.74 bits per heavy atom. The Morgan fingerprint density at radius 1 is 1.42 bits per heavy atom. The number of nitrogens with zero attached hydrogens (tertiary/aromatic N) is 1. The van der Waals surface area contributed by atoms with Crippen LogP contribution < -0.4 is 11.2 Å². The van der Waals surface area contributed by atoms with E-state index >= 15 is 0 Å². The standard InChI is InChI=1S/C13H19ClN2O3/c1-3-4-10-11(14)15-13(18)16(12(10)17)8-5-6-9(7-8)19-2/h8-9H,3-7H2,1-2H3,(H,15,18). The number of hydrogen-bond acceptors (Lipinski definition) is 3. The lowest BCUT2D eigenvalue weighted by atomic mass is 10.2. The lowest BCUT2D eigenvalue weighted by Gasteiger charge is -2.15. The second-order valence-electron chi connectivity index (χ2n) is 4.97. The van der Waals surface area contributed by atoms with Crippen molar-refractivity contribution in [1.29, 1.82) is 0 Å². The molecule has 1 aliphatic rings. The van der Waals surface area contributed by atoms with Gasteiger partial charge in [-0.1, -0.05) is 24.9 Å². The summed E-state index contributed by atoms with van der Waals surface area (Å²) in [4.78, 5) is 27.0. The molecule has 1 saturated carbocycles. The van der Waals surface area contributed by atoms with Crippen LogP contribution in [-0.2, 0) is 11.2 Å². The fourth-order valence-electron chi connectivity index (χ4n) is 2.73. The number of ether oxygens (including phenoxy) is 1. The highest BCUT2D eigenvalue weighted by Gasteiger charge is 2.28. The lowest BCUT2D eigenvalue weighted by molar-refractivity contribution is 0.105. The largest absolute Gasteiger partial charge is 0.381 e. The minimum atomic E-state index is -0.420. The molecule has 0 radical (unpaired) electrons. The molecule has 1 heterocycles. The zero-order valence-electron chi connectivity index (χ0n) is 11.2. The average Bonchev–Trinajstić information content (AvgIpc) is 2.83. The van der Waals surface area contributed by atoms with Gasteiger partial charge < -0.3 is 4.74 Å². The Kier molecular flexibility index (Phi) is 4.47. The smallest absolute Gasteiger partial charge is 0.329 e. The van der Waals surface area contributed by atoms with Gasteiger partial charge in [-0.25, -0.2) is 4.79 Å². The molecule has 1 N–H and O–H groups in total. The molecule has 2 unspecified atom stereocenters. The molecule has 2 atom stereocenters. The number of aromatic nitrogens is 2. The van der Waals surface area contributed by atoms with Crippen LogP contribution >= 0.6 is 11.6 Å². The van der Waals surface area contributed by atoms with Crippen LogP contribution in [0.25, 0.3) is 0 Å². The number of nitrogens with one attached hydrogen (secondary N) is 1. The first-order valence-corrected chi connectivity index (χ1v) is 7.02. The van der Waals surface area contributed by atoms with E-state index in [1.807, 2.05) is 6.92 Å². The maximum Gasteiger partial charge on any atom is 0.329 e. The maximum absolute atomic E-state index is 12.4. The van der Waals surface area contributed by atoms with Crippen LogP contribution in [0.1, 0.15) is 44.2 Å². The van der Waals surface area contributed by atoms with Gasteiger partial charge in [-0.2, -0.15) is 0 Å². The minimum Gasteiger partial charge on any atom is -0.381 e. The van der Waals surface area contributed by atoms with Crippen LogP contribution in [0.2, 0.25) is 5.15 Å². The monoisotopic (exact) mass is 286 g/mol. The normalized spacial score (nSPS) is 22.9. The van der Waals surface area contributed by atoms with Gasteiger partial charge in [0.15, 0.2) is 0 Å². The summed E-state index contributed by atoms with van der Waals surface area (Å²) >= 11 is 5.95. The van der Waals surface area contributed by atoms with Crippen molar-refractivity contribution in [3.63, 3.8) is 0 Å². The molecule has 0 aromatic carbocycles. The van der Waals surface area contributed by atoms with Crippen molar-refractivity contribution in [3.8, 4) is 0 Å². The minimum absolute atomic E-state index is 0.0888. The third kappa shape index (κ3) is 2.77. The molecule has 2 rings (SSSR count). The van der Waals surface area contributed by atoms with Gasteiger partial charge in [-0.15, -0.1) is 0 Å². The van der Waals surface area contributed by atoms with E-state index in [1.54, 1.807) is 7.11 Å². The summed E-state index contributed by atoms with van der Waals surface area (Å²) in [5, 5.41) is 0.175. The molecule has 0 saturated heterocycles. The topological polar surface area (TPSA) is 64.1 Å². The van der Waals surface area contributed by atoms with Crippen molar-refractivity contribution in [3.05, 3.63) is 31.6 Å². The molecule has 1 aromatic heterocycles. The van der Waals surface area contributed by atoms with Crippen molar-refractivity contribution in [2.45, 2.75) is 51.2 Å². The predicted molar refractivity (Wildman–Crippen MR) is 74.0 cm³/mol. The van der Waals surface area contributed by atoms with Gasteiger partial charge in [0.25, 0.3) is 5.56 Å². The summed E-state index contributed by atoms with van der Waals surface area (Å²) < 4.78 is 6.61. The molecule has 106 valence electrons. The summed E-state index contributed by atoms with van der Waals surface area (Å²) in [6.07, 6.45) is 3.88. The third-order valence-electron chi connectivity index (χ3n) is 3.73. The van der Waals surface area contributed by atoms with Crippen LogP contribution in [0.5, 0.6) is 0 Å². The third-order valence-corrected chi connectivity index (χ3v) is 4.06. The van der Waals surface area contributed by atoms with Crippen LogP contribution in [0.3, 0.4) is 0 Å². The summed E-state index contributed by atoms with van der Waals surface area (Å²) in [6, 6.07) is -0.0888. The Hall–Kier alpha value is -1.07. The Bertz CT molecular complexity index is 564. The van der Waals surface area contributed by atoms with Crippen LogP contribution in [0, 0.1) is 0 Å². The van der Waals surface area contributed by atoms with E-state index < -0.39 is 5.69 Å². The fourth-order valence-corrected chi connectivity index (χ4v) is 2.98. The average molecular weight is 287 g/mol. The number of aromatic amines is 1. The second kappa shape index (κ2) is 5.92. The SMILES string of the molecule is CCCc1c(Cl)[nH]c(=O)n(C2CCC(OC)C2)c1=O. The molecule has 0 spiro atoms. The van der Waals surface area contributed by atoms with E-state index in [2.05, 4.69) is 4.98 Å². The summed E-state index contributed by atoms with van der Waals surface area (Å²) in [6.45, 7) is 1.97. The molecule has 0 bridgehead atoms. The van der Waals surface area contributed by atoms with E-state index in [4.69, 9.17) is 16.3 Å². The van der Waals surface area contributed by atoms with E-state index in [0.29, 0.717) is 18.4 Å². The number of H-pyrrole nitrogens is 1. The Morgan fingerprint density at radius 2 is 2.16 bits per heavy atom. The predicted octanol–water partition coefficient (Wildman–Crippen LogP) is 1.88. The molecule has 0 amide bonds. The Labute approximate surface area is 116 Å². The number of halogens is 1. The molecule has 1 aliphatic carbocycles. The second-order valence-corrected chi connectivity index (χ2v) is 5.35. The summed E-state index contributed by atoms with van der Waals surface area (Å²) in [5.74, 6) is 0. The van der Waals surface area contributed by atoms with Crippen molar-refractivity contribution < 1.29 is 4.74 Å². The summed E-state index contributed by atoms with van der Waals surface area (Å²) in [7, 11) is 1.66. The first-order chi connectivity index (χ1) is 9.08. The van der Waals surface area contributed by atoms with E-state index in [0.717, 1.165) is 19.3 Å². The molecule has 1 aromatic rings. The van der Waals surface area contributed by atoms with Gasteiger partial charge in [-0.3, -0.25) is 14.3 Å².